The standard InChI is InChI=1S/C21H23FN2OS/c1-2-5-24-17-4-3-16(22)9-18(17)26-20(24)23-19(25)21-10-13-6-14(11-21)8-15(7-13)12-21/h2-4,9,13-15H,1,5-8,10-12H2. The Hall–Kier alpha value is -1.75. The summed E-state index contributed by atoms with van der Waals surface area (Å²) in [5, 5.41) is 0. The first kappa shape index (κ1) is 16.4. The quantitative estimate of drug-likeness (QED) is 0.723. The molecule has 1 aromatic heterocycles. The van der Waals surface area contributed by atoms with E-state index in [0.717, 1.165) is 47.2 Å². The number of carbonyl (C=O) groups is 1. The van der Waals surface area contributed by atoms with Gasteiger partial charge in [-0.3, -0.25) is 4.79 Å². The van der Waals surface area contributed by atoms with E-state index < -0.39 is 0 Å². The van der Waals surface area contributed by atoms with E-state index in [0.29, 0.717) is 11.3 Å². The van der Waals surface area contributed by atoms with Crippen molar-refractivity contribution in [2.45, 2.75) is 45.1 Å². The molecule has 4 aliphatic carbocycles. The molecule has 4 saturated carbocycles. The minimum Gasteiger partial charge on any atom is -0.313 e. The van der Waals surface area contributed by atoms with Crippen molar-refractivity contribution >= 4 is 27.5 Å². The molecule has 5 heteroatoms. The topological polar surface area (TPSA) is 34.4 Å². The number of allylic oxidation sites excluding steroid dienone is 1. The van der Waals surface area contributed by atoms with Crippen molar-refractivity contribution in [1.82, 2.24) is 4.57 Å². The normalized spacial score (nSPS) is 33.1. The summed E-state index contributed by atoms with van der Waals surface area (Å²) >= 11 is 1.40. The average Bonchev–Trinajstić information content (AvgIpc) is 2.90. The second kappa shape index (κ2) is 5.88. The fourth-order valence-electron chi connectivity index (χ4n) is 6.02. The highest BCUT2D eigenvalue weighted by molar-refractivity contribution is 7.16. The van der Waals surface area contributed by atoms with Gasteiger partial charge in [0.1, 0.15) is 5.82 Å². The van der Waals surface area contributed by atoms with Gasteiger partial charge >= 0.3 is 0 Å². The summed E-state index contributed by atoms with van der Waals surface area (Å²) in [6.07, 6.45) is 8.78. The van der Waals surface area contributed by atoms with Crippen LogP contribution in [0.1, 0.15) is 38.5 Å². The van der Waals surface area contributed by atoms with Gasteiger partial charge in [-0.15, -0.1) is 6.58 Å². The molecular weight excluding hydrogens is 347 g/mol. The number of hydrogen-bond acceptors (Lipinski definition) is 2. The maximum atomic E-state index is 13.6. The smallest absolute Gasteiger partial charge is 0.254 e. The average molecular weight is 370 g/mol. The summed E-state index contributed by atoms with van der Waals surface area (Å²) < 4.78 is 16.4. The Bertz CT molecular complexity index is 935. The van der Waals surface area contributed by atoms with E-state index in [9.17, 15) is 9.18 Å². The first-order valence-corrected chi connectivity index (χ1v) is 10.4. The van der Waals surface area contributed by atoms with Crippen LogP contribution in [0.25, 0.3) is 10.2 Å². The highest BCUT2D eigenvalue weighted by atomic mass is 32.1. The van der Waals surface area contributed by atoms with Crippen LogP contribution in [0, 0.1) is 29.0 Å². The lowest BCUT2D eigenvalue weighted by molar-refractivity contribution is -0.142. The molecule has 0 aliphatic heterocycles. The molecule has 1 heterocycles. The lowest BCUT2D eigenvalue weighted by atomic mass is 9.49. The van der Waals surface area contributed by atoms with Crippen LogP contribution in [-0.4, -0.2) is 10.5 Å². The third-order valence-electron chi connectivity index (χ3n) is 6.65. The molecule has 136 valence electrons. The Morgan fingerprint density at radius 3 is 2.54 bits per heavy atom. The minimum absolute atomic E-state index is 0.0569. The van der Waals surface area contributed by atoms with E-state index in [4.69, 9.17) is 0 Å². The van der Waals surface area contributed by atoms with Gasteiger partial charge in [0.05, 0.1) is 15.6 Å². The van der Waals surface area contributed by atoms with Gasteiger partial charge in [0.2, 0.25) is 0 Å². The van der Waals surface area contributed by atoms with Crippen LogP contribution in [0.5, 0.6) is 0 Å². The van der Waals surface area contributed by atoms with Crippen molar-refractivity contribution < 1.29 is 9.18 Å². The van der Waals surface area contributed by atoms with Crippen LogP contribution in [0.15, 0.2) is 35.8 Å². The zero-order chi connectivity index (χ0) is 17.9. The maximum Gasteiger partial charge on any atom is 0.254 e. The molecule has 0 saturated heterocycles. The van der Waals surface area contributed by atoms with Crippen LogP contribution in [0.3, 0.4) is 0 Å². The van der Waals surface area contributed by atoms with Crippen molar-refractivity contribution in [3.63, 3.8) is 0 Å². The van der Waals surface area contributed by atoms with Crippen molar-refractivity contribution in [2.75, 3.05) is 0 Å². The van der Waals surface area contributed by atoms with Gasteiger partial charge in [0.25, 0.3) is 5.91 Å². The van der Waals surface area contributed by atoms with Gasteiger partial charge in [-0.1, -0.05) is 17.4 Å². The second-order valence-electron chi connectivity index (χ2n) is 8.51. The molecule has 6 rings (SSSR count). The van der Waals surface area contributed by atoms with Gasteiger partial charge < -0.3 is 4.57 Å². The Balaban J connectivity index is 1.59. The van der Waals surface area contributed by atoms with E-state index in [1.165, 1.54) is 42.7 Å². The number of aromatic nitrogens is 1. The molecule has 3 nitrogen and oxygen atoms in total. The largest absolute Gasteiger partial charge is 0.313 e. The first-order valence-electron chi connectivity index (χ1n) is 9.55. The summed E-state index contributed by atoms with van der Waals surface area (Å²) in [5.41, 5.74) is 0.677. The third-order valence-corrected chi connectivity index (χ3v) is 7.69. The summed E-state index contributed by atoms with van der Waals surface area (Å²) in [6.45, 7) is 4.39. The number of hydrogen-bond donors (Lipinski definition) is 0. The molecule has 2 aromatic rings. The van der Waals surface area contributed by atoms with Crippen molar-refractivity contribution in [3.8, 4) is 0 Å². The monoisotopic (exact) mass is 370 g/mol. The molecule has 4 bridgehead atoms. The molecular formula is C21H23FN2OS. The number of rotatable bonds is 3. The summed E-state index contributed by atoms with van der Waals surface area (Å²) in [4.78, 5) is 18.6. The van der Waals surface area contributed by atoms with E-state index in [1.54, 1.807) is 12.1 Å². The number of nitrogens with zero attached hydrogens (tertiary/aromatic N) is 2. The van der Waals surface area contributed by atoms with E-state index in [2.05, 4.69) is 11.6 Å². The summed E-state index contributed by atoms with van der Waals surface area (Å²) in [5.74, 6) is 1.96. The zero-order valence-corrected chi connectivity index (χ0v) is 15.6. The predicted molar refractivity (Wildman–Crippen MR) is 101 cm³/mol. The van der Waals surface area contributed by atoms with Crippen LogP contribution < -0.4 is 4.80 Å². The van der Waals surface area contributed by atoms with E-state index in [-0.39, 0.29) is 17.1 Å². The number of halogens is 1. The molecule has 0 radical (unpaired) electrons. The molecule has 1 amide bonds. The molecule has 0 unspecified atom stereocenters. The summed E-state index contributed by atoms with van der Waals surface area (Å²) in [6, 6.07) is 4.74. The Kier molecular flexibility index (Phi) is 3.71. The molecule has 26 heavy (non-hydrogen) atoms. The van der Waals surface area contributed by atoms with Crippen LogP contribution in [-0.2, 0) is 11.3 Å². The Labute approximate surface area is 156 Å². The Morgan fingerprint density at radius 1 is 1.27 bits per heavy atom. The van der Waals surface area contributed by atoms with Crippen LogP contribution in [0.4, 0.5) is 4.39 Å². The zero-order valence-electron chi connectivity index (χ0n) is 14.8. The first-order chi connectivity index (χ1) is 12.6. The van der Waals surface area contributed by atoms with Crippen LogP contribution in [0.2, 0.25) is 0 Å². The van der Waals surface area contributed by atoms with E-state index >= 15 is 0 Å². The van der Waals surface area contributed by atoms with Crippen molar-refractivity contribution in [1.29, 1.82) is 0 Å². The summed E-state index contributed by atoms with van der Waals surface area (Å²) in [7, 11) is 0. The van der Waals surface area contributed by atoms with Crippen molar-refractivity contribution in [3.05, 3.63) is 41.5 Å². The fourth-order valence-corrected chi connectivity index (χ4v) is 7.08. The molecule has 0 N–H and O–H groups in total. The molecule has 4 aliphatic rings. The Morgan fingerprint density at radius 2 is 1.92 bits per heavy atom. The predicted octanol–water partition coefficient (Wildman–Crippen LogP) is 4.67. The van der Waals surface area contributed by atoms with Gasteiger partial charge in [-0.2, -0.15) is 4.99 Å². The lowest BCUT2D eigenvalue weighted by Gasteiger charge is -2.55. The third kappa shape index (κ3) is 2.51. The highest BCUT2D eigenvalue weighted by Gasteiger charge is 2.54. The molecule has 0 spiro atoms. The lowest BCUT2D eigenvalue weighted by Crippen LogP contribution is -2.49. The number of carbonyl (C=O) groups excluding carboxylic acids is 1. The SMILES string of the molecule is C=CCn1c(=NC(=O)C23CC4CC(CC(C4)C2)C3)sc2cc(F)ccc21. The molecule has 4 fully saturated rings. The van der Waals surface area contributed by atoms with E-state index in [1.807, 2.05) is 4.57 Å². The van der Waals surface area contributed by atoms with Gasteiger partial charge in [-0.25, -0.2) is 4.39 Å². The van der Waals surface area contributed by atoms with Crippen LogP contribution >= 0.6 is 11.3 Å². The molecule has 0 atom stereocenters. The van der Waals surface area contributed by atoms with Gasteiger partial charge in [-0.05, 0) is 74.5 Å². The number of amides is 1. The van der Waals surface area contributed by atoms with Gasteiger partial charge in [0.15, 0.2) is 4.80 Å². The molecule has 1 aromatic carbocycles. The van der Waals surface area contributed by atoms with Crippen molar-refractivity contribution in [2.24, 2.45) is 28.2 Å². The number of benzene rings is 1. The number of thiazole rings is 1. The minimum atomic E-state index is -0.261. The van der Waals surface area contributed by atoms with Gasteiger partial charge in [0, 0.05) is 6.54 Å². The number of fused-ring (bicyclic) bond motifs is 1. The fraction of sp³-hybridized carbons (Fsp3) is 0.524. The highest BCUT2D eigenvalue weighted by Crippen LogP contribution is 2.60. The maximum absolute atomic E-state index is 13.6. The second-order valence-corrected chi connectivity index (χ2v) is 9.52.